The Labute approximate surface area is 181 Å². The number of hydrogen-bond acceptors (Lipinski definition) is 7. The van der Waals surface area contributed by atoms with Crippen molar-refractivity contribution < 1.29 is 31.2 Å². The third-order valence-corrected chi connectivity index (χ3v) is 5.72. The molecule has 0 aliphatic rings. The van der Waals surface area contributed by atoms with E-state index in [1.807, 2.05) is 4.72 Å². The summed E-state index contributed by atoms with van der Waals surface area (Å²) in [5, 5.41) is 0. The quantitative estimate of drug-likeness (QED) is 0.279. The van der Waals surface area contributed by atoms with Crippen LogP contribution in [0.2, 0.25) is 0 Å². The number of fused-ring (bicyclic) bond motifs is 1. The SMILES string of the molecule is CCCS(=O)(=O)Nc1cc(F)c(F)c(C(=O)c2ccc3ncc(NOCC)nc3c2)c1F. The van der Waals surface area contributed by atoms with E-state index >= 15 is 0 Å². The molecule has 32 heavy (non-hydrogen) atoms. The number of carbonyl (C=O) groups excluding carboxylic acids is 1. The number of rotatable bonds is 9. The molecule has 0 saturated heterocycles. The topological polar surface area (TPSA) is 110 Å². The first-order chi connectivity index (χ1) is 15.2. The van der Waals surface area contributed by atoms with Gasteiger partial charge in [-0.1, -0.05) is 6.92 Å². The number of nitrogens with zero attached hydrogens (tertiary/aromatic N) is 2. The van der Waals surface area contributed by atoms with Crippen molar-refractivity contribution in [2.75, 3.05) is 22.6 Å². The van der Waals surface area contributed by atoms with Crippen LogP contribution in [0.5, 0.6) is 0 Å². The highest BCUT2D eigenvalue weighted by molar-refractivity contribution is 7.92. The summed E-state index contributed by atoms with van der Waals surface area (Å²) in [4.78, 5) is 26.2. The molecule has 12 heteroatoms. The lowest BCUT2D eigenvalue weighted by Crippen LogP contribution is -2.19. The maximum absolute atomic E-state index is 14.9. The van der Waals surface area contributed by atoms with Crippen LogP contribution in [0.15, 0.2) is 30.5 Å². The van der Waals surface area contributed by atoms with E-state index in [4.69, 9.17) is 4.84 Å². The van der Waals surface area contributed by atoms with Gasteiger partial charge >= 0.3 is 0 Å². The first-order valence-corrected chi connectivity index (χ1v) is 11.2. The van der Waals surface area contributed by atoms with Crippen molar-refractivity contribution in [2.24, 2.45) is 0 Å². The molecular formula is C20H19F3N4O4S. The van der Waals surface area contributed by atoms with E-state index in [2.05, 4.69) is 15.4 Å². The van der Waals surface area contributed by atoms with Crippen molar-refractivity contribution in [1.82, 2.24) is 9.97 Å². The number of aromatic nitrogens is 2. The molecule has 0 aliphatic heterocycles. The number of anilines is 2. The largest absolute Gasteiger partial charge is 0.288 e. The second-order valence-electron chi connectivity index (χ2n) is 6.65. The van der Waals surface area contributed by atoms with E-state index in [1.54, 1.807) is 13.8 Å². The summed E-state index contributed by atoms with van der Waals surface area (Å²) in [6.45, 7) is 3.67. The van der Waals surface area contributed by atoms with Crippen molar-refractivity contribution in [3.05, 3.63) is 59.0 Å². The van der Waals surface area contributed by atoms with Gasteiger partial charge in [0.25, 0.3) is 0 Å². The summed E-state index contributed by atoms with van der Waals surface area (Å²) < 4.78 is 69.2. The molecule has 0 amide bonds. The fourth-order valence-corrected chi connectivity index (χ4v) is 3.98. The molecule has 0 radical (unpaired) electrons. The van der Waals surface area contributed by atoms with Gasteiger partial charge in [0.05, 0.1) is 40.8 Å². The number of halogens is 3. The number of sulfonamides is 1. The standard InChI is InChI=1S/C20H19F3N4O4S/c1-3-7-32(29,30)27-15-9-12(21)18(22)17(19(15)23)20(28)11-5-6-13-14(8-11)25-16(10-24-13)26-31-4-2/h5-6,8-10,27H,3-4,7H2,1-2H3,(H,25,26). The lowest BCUT2D eigenvalue weighted by Gasteiger charge is -2.12. The van der Waals surface area contributed by atoms with Crippen LogP contribution in [0.1, 0.15) is 36.2 Å². The second-order valence-corrected chi connectivity index (χ2v) is 8.49. The van der Waals surface area contributed by atoms with Crippen LogP contribution in [0, 0.1) is 17.5 Å². The van der Waals surface area contributed by atoms with Crippen LogP contribution in [-0.4, -0.2) is 36.5 Å². The van der Waals surface area contributed by atoms with E-state index in [9.17, 15) is 26.4 Å². The first kappa shape index (κ1) is 23.4. The number of benzene rings is 2. The highest BCUT2D eigenvalue weighted by atomic mass is 32.2. The zero-order valence-corrected chi connectivity index (χ0v) is 17.9. The molecule has 0 bridgehead atoms. The Balaban J connectivity index is 2.05. The fourth-order valence-electron chi connectivity index (χ4n) is 2.86. The van der Waals surface area contributed by atoms with Crippen LogP contribution < -0.4 is 10.2 Å². The Morgan fingerprint density at radius 2 is 1.84 bits per heavy atom. The minimum Gasteiger partial charge on any atom is -0.288 e. The van der Waals surface area contributed by atoms with E-state index in [0.717, 1.165) is 0 Å². The number of nitrogens with one attached hydrogen (secondary N) is 2. The van der Waals surface area contributed by atoms with Gasteiger partial charge in [-0.25, -0.2) is 32.1 Å². The van der Waals surface area contributed by atoms with Gasteiger partial charge in [-0.05, 0) is 31.5 Å². The van der Waals surface area contributed by atoms with Gasteiger partial charge in [0.2, 0.25) is 10.0 Å². The highest BCUT2D eigenvalue weighted by Gasteiger charge is 2.27. The number of hydrogen-bond donors (Lipinski definition) is 2. The molecule has 3 rings (SSSR count). The predicted octanol–water partition coefficient (Wildman–Crippen LogP) is 3.79. The molecule has 1 heterocycles. The lowest BCUT2D eigenvalue weighted by atomic mass is 10.0. The summed E-state index contributed by atoms with van der Waals surface area (Å²) in [6.07, 6.45) is 1.60. The molecule has 2 N–H and O–H groups in total. The van der Waals surface area contributed by atoms with Crippen molar-refractivity contribution in [1.29, 1.82) is 0 Å². The van der Waals surface area contributed by atoms with Gasteiger partial charge in [-0.15, -0.1) is 0 Å². The molecule has 0 aliphatic carbocycles. The Morgan fingerprint density at radius 1 is 1.09 bits per heavy atom. The zero-order valence-electron chi connectivity index (χ0n) is 17.1. The first-order valence-electron chi connectivity index (χ1n) is 9.54. The van der Waals surface area contributed by atoms with Crippen LogP contribution in [-0.2, 0) is 14.9 Å². The monoisotopic (exact) mass is 468 g/mol. The Morgan fingerprint density at radius 3 is 2.53 bits per heavy atom. The minimum absolute atomic E-state index is 0.203. The molecule has 1 aromatic heterocycles. The van der Waals surface area contributed by atoms with Crippen molar-refractivity contribution >= 4 is 38.3 Å². The van der Waals surface area contributed by atoms with Gasteiger partial charge in [0.1, 0.15) is 0 Å². The fraction of sp³-hybridized carbons (Fsp3) is 0.250. The Hall–Kier alpha value is -3.25. The van der Waals surface area contributed by atoms with Crippen molar-refractivity contribution in [3.63, 3.8) is 0 Å². The smallest absolute Gasteiger partial charge is 0.232 e. The molecule has 170 valence electrons. The second kappa shape index (κ2) is 9.49. The maximum atomic E-state index is 14.9. The van der Waals surface area contributed by atoms with E-state index in [0.29, 0.717) is 18.2 Å². The summed E-state index contributed by atoms with van der Waals surface area (Å²) in [7, 11) is -4.01. The van der Waals surface area contributed by atoms with Crippen LogP contribution in [0.25, 0.3) is 11.0 Å². The Bertz CT molecular complexity index is 1290. The normalized spacial score (nSPS) is 11.5. The zero-order chi connectivity index (χ0) is 23.5. The van der Waals surface area contributed by atoms with Gasteiger partial charge in [0.15, 0.2) is 29.1 Å². The maximum Gasteiger partial charge on any atom is 0.232 e. The van der Waals surface area contributed by atoms with Crippen LogP contribution in [0.3, 0.4) is 0 Å². The molecule has 8 nitrogen and oxygen atoms in total. The molecule has 0 unspecified atom stereocenters. The summed E-state index contributed by atoms with van der Waals surface area (Å²) in [5.74, 6) is -6.15. The average Bonchev–Trinajstić information content (AvgIpc) is 2.75. The molecule has 0 saturated carbocycles. The Kier molecular flexibility index (Phi) is 6.94. The predicted molar refractivity (Wildman–Crippen MR) is 112 cm³/mol. The molecule has 3 aromatic rings. The van der Waals surface area contributed by atoms with E-state index in [1.165, 1.54) is 24.4 Å². The van der Waals surface area contributed by atoms with Gasteiger partial charge < -0.3 is 0 Å². The molecule has 0 spiro atoms. The van der Waals surface area contributed by atoms with Gasteiger partial charge in [-0.2, -0.15) is 0 Å². The minimum atomic E-state index is -4.01. The third kappa shape index (κ3) is 4.97. The molecule has 0 fully saturated rings. The van der Waals surface area contributed by atoms with Crippen molar-refractivity contribution in [3.8, 4) is 0 Å². The summed E-state index contributed by atoms with van der Waals surface area (Å²) in [6, 6.07) is 4.23. The van der Waals surface area contributed by atoms with Gasteiger partial charge in [-0.3, -0.25) is 19.3 Å². The number of ketones is 1. The van der Waals surface area contributed by atoms with E-state index < -0.39 is 44.5 Å². The average molecular weight is 468 g/mol. The summed E-state index contributed by atoms with van der Waals surface area (Å²) >= 11 is 0. The van der Waals surface area contributed by atoms with E-state index in [-0.39, 0.29) is 29.1 Å². The third-order valence-electron chi connectivity index (χ3n) is 4.25. The number of carbonyl (C=O) groups is 1. The summed E-state index contributed by atoms with van der Waals surface area (Å²) in [5.41, 5.74) is 0.848. The van der Waals surface area contributed by atoms with Crippen molar-refractivity contribution in [2.45, 2.75) is 20.3 Å². The lowest BCUT2D eigenvalue weighted by molar-refractivity contribution is 0.103. The van der Waals surface area contributed by atoms with Crippen LogP contribution >= 0.6 is 0 Å². The molecule has 0 atom stereocenters. The van der Waals surface area contributed by atoms with Gasteiger partial charge in [0, 0.05) is 11.6 Å². The van der Waals surface area contributed by atoms with Crippen LogP contribution in [0.4, 0.5) is 24.7 Å². The highest BCUT2D eigenvalue weighted by Crippen LogP contribution is 2.28. The molecular weight excluding hydrogens is 449 g/mol. The molecule has 2 aromatic carbocycles.